The number of aromatic amines is 1. The lowest BCUT2D eigenvalue weighted by molar-refractivity contribution is -0.137. The number of halogens is 4. The van der Waals surface area contributed by atoms with E-state index in [9.17, 15) is 13.2 Å². The first kappa shape index (κ1) is 13.9. The zero-order valence-corrected chi connectivity index (χ0v) is 11.6. The molecule has 0 amide bonds. The molecule has 102 valence electrons. The number of rotatable bonds is 2. The molecule has 3 nitrogen and oxygen atoms in total. The number of hydrogen-bond donors (Lipinski definition) is 2. The van der Waals surface area contributed by atoms with Crippen molar-refractivity contribution in [1.29, 1.82) is 0 Å². The number of alkyl halides is 3. The zero-order chi connectivity index (χ0) is 14.2. The smallest absolute Gasteiger partial charge is 0.382 e. The summed E-state index contributed by atoms with van der Waals surface area (Å²) in [5.74, 6) is 0.230. The molecule has 0 aliphatic heterocycles. The highest BCUT2D eigenvalue weighted by molar-refractivity contribution is 9.10. The van der Waals surface area contributed by atoms with Crippen molar-refractivity contribution in [2.45, 2.75) is 19.5 Å². The van der Waals surface area contributed by atoms with Crippen LogP contribution in [0.25, 0.3) is 11.3 Å². The van der Waals surface area contributed by atoms with Gasteiger partial charge in [-0.3, -0.25) is 5.10 Å². The third-order valence-corrected chi connectivity index (χ3v) is 3.30. The molecular formula is C12H11BrF3N3. The Morgan fingerprint density at radius 3 is 2.63 bits per heavy atom. The van der Waals surface area contributed by atoms with E-state index in [1.54, 1.807) is 6.07 Å². The number of aromatic nitrogens is 2. The zero-order valence-electron chi connectivity index (χ0n) is 9.98. The Kier molecular flexibility index (Phi) is 3.58. The number of nitrogen functional groups attached to an aromatic ring is 1. The predicted molar refractivity (Wildman–Crippen MR) is 70.5 cm³/mol. The lowest BCUT2D eigenvalue weighted by atomic mass is 10.00. The summed E-state index contributed by atoms with van der Waals surface area (Å²) >= 11 is 3.05. The molecule has 0 saturated carbocycles. The lowest BCUT2D eigenvalue weighted by Crippen LogP contribution is -2.08. The normalized spacial score (nSPS) is 11.8. The van der Waals surface area contributed by atoms with Gasteiger partial charge in [0, 0.05) is 15.6 Å². The number of nitrogens with one attached hydrogen (secondary N) is 1. The Bertz CT molecular complexity index is 605. The second-order valence-corrected chi connectivity index (χ2v) is 4.92. The van der Waals surface area contributed by atoms with Crippen LogP contribution in [0.3, 0.4) is 0 Å². The van der Waals surface area contributed by atoms with E-state index in [0.717, 1.165) is 6.07 Å². The van der Waals surface area contributed by atoms with E-state index in [0.29, 0.717) is 22.2 Å². The minimum Gasteiger partial charge on any atom is -0.382 e. The molecule has 0 unspecified atom stereocenters. The van der Waals surface area contributed by atoms with Gasteiger partial charge in [0.25, 0.3) is 0 Å². The summed E-state index contributed by atoms with van der Waals surface area (Å²) in [6.45, 7) is 1.82. The van der Waals surface area contributed by atoms with Gasteiger partial charge in [0.1, 0.15) is 5.82 Å². The summed E-state index contributed by atoms with van der Waals surface area (Å²) in [7, 11) is 0. The Morgan fingerprint density at radius 1 is 1.37 bits per heavy atom. The van der Waals surface area contributed by atoms with Crippen LogP contribution in [0.15, 0.2) is 22.7 Å². The van der Waals surface area contributed by atoms with Gasteiger partial charge in [-0.2, -0.15) is 18.3 Å². The molecule has 19 heavy (non-hydrogen) atoms. The number of benzene rings is 1. The summed E-state index contributed by atoms with van der Waals surface area (Å²) in [5.41, 5.74) is 5.89. The Balaban J connectivity index is 2.68. The van der Waals surface area contributed by atoms with E-state index in [-0.39, 0.29) is 11.4 Å². The molecule has 0 fully saturated rings. The molecule has 1 aromatic carbocycles. The van der Waals surface area contributed by atoms with Crippen molar-refractivity contribution in [3.8, 4) is 11.3 Å². The van der Waals surface area contributed by atoms with Crippen molar-refractivity contribution in [3.63, 3.8) is 0 Å². The first-order valence-corrected chi connectivity index (χ1v) is 6.33. The van der Waals surface area contributed by atoms with Crippen LogP contribution in [0.4, 0.5) is 19.0 Å². The van der Waals surface area contributed by atoms with Gasteiger partial charge < -0.3 is 5.73 Å². The second kappa shape index (κ2) is 4.88. The van der Waals surface area contributed by atoms with Gasteiger partial charge in [-0.05, 0) is 18.6 Å². The lowest BCUT2D eigenvalue weighted by Gasteiger charge is -2.13. The summed E-state index contributed by atoms with van der Waals surface area (Å²) in [4.78, 5) is 0. The molecule has 0 saturated heterocycles. The molecule has 0 radical (unpaired) electrons. The van der Waals surface area contributed by atoms with Gasteiger partial charge in [-0.1, -0.05) is 28.9 Å². The summed E-state index contributed by atoms with van der Waals surface area (Å²) in [6.07, 6.45) is -3.94. The summed E-state index contributed by atoms with van der Waals surface area (Å²) in [5, 5.41) is 6.37. The number of anilines is 1. The van der Waals surface area contributed by atoms with E-state index in [2.05, 4.69) is 26.1 Å². The average Bonchev–Trinajstić information content (AvgIpc) is 2.69. The van der Waals surface area contributed by atoms with Gasteiger partial charge in [0.05, 0.1) is 11.3 Å². The Morgan fingerprint density at radius 2 is 2.05 bits per heavy atom. The fourth-order valence-electron chi connectivity index (χ4n) is 1.93. The summed E-state index contributed by atoms with van der Waals surface area (Å²) in [6, 6.07) is 4.01. The maximum atomic E-state index is 13.1. The molecular weight excluding hydrogens is 323 g/mol. The second-order valence-electron chi connectivity index (χ2n) is 4.00. The first-order chi connectivity index (χ1) is 8.84. The van der Waals surface area contributed by atoms with E-state index in [1.807, 2.05) is 6.92 Å². The highest BCUT2D eigenvalue weighted by Gasteiger charge is 2.34. The molecule has 0 aliphatic rings. The van der Waals surface area contributed by atoms with Crippen LogP contribution in [-0.4, -0.2) is 10.2 Å². The van der Waals surface area contributed by atoms with E-state index in [1.165, 1.54) is 6.07 Å². The quantitative estimate of drug-likeness (QED) is 0.872. The topological polar surface area (TPSA) is 54.7 Å². The van der Waals surface area contributed by atoms with Gasteiger partial charge in [-0.15, -0.1) is 0 Å². The van der Waals surface area contributed by atoms with Crippen LogP contribution < -0.4 is 5.73 Å². The van der Waals surface area contributed by atoms with Crippen molar-refractivity contribution < 1.29 is 13.2 Å². The van der Waals surface area contributed by atoms with E-state index in [4.69, 9.17) is 5.73 Å². The molecule has 0 spiro atoms. The monoisotopic (exact) mass is 333 g/mol. The Labute approximate surface area is 116 Å². The maximum absolute atomic E-state index is 13.1. The highest BCUT2D eigenvalue weighted by atomic mass is 79.9. The van der Waals surface area contributed by atoms with Crippen molar-refractivity contribution in [1.82, 2.24) is 10.2 Å². The first-order valence-electron chi connectivity index (χ1n) is 5.54. The van der Waals surface area contributed by atoms with Crippen LogP contribution in [0.2, 0.25) is 0 Å². The minimum atomic E-state index is -4.44. The van der Waals surface area contributed by atoms with Gasteiger partial charge >= 0.3 is 6.18 Å². The number of nitrogens with zero attached hydrogens (tertiary/aromatic N) is 1. The fourth-order valence-corrected chi connectivity index (χ4v) is 2.29. The van der Waals surface area contributed by atoms with Crippen LogP contribution in [0.1, 0.15) is 18.1 Å². The third kappa shape index (κ3) is 2.60. The maximum Gasteiger partial charge on any atom is 0.417 e. The predicted octanol–water partition coefficient (Wildman–Crippen LogP) is 4.00. The molecule has 0 aliphatic carbocycles. The molecule has 0 atom stereocenters. The number of nitrogens with two attached hydrogens (primary N) is 1. The van der Waals surface area contributed by atoms with Gasteiger partial charge in [-0.25, -0.2) is 0 Å². The van der Waals surface area contributed by atoms with Crippen molar-refractivity contribution >= 4 is 21.7 Å². The summed E-state index contributed by atoms with van der Waals surface area (Å²) < 4.78 is 39.6. The largest absolute Gasteiger partial charge is 0.417 e. The molecule has 2 rings (SSSR count). The molecule has 7 heteroatoms. The SMILES string of the molecule is CCc1c(N)n[nH]c1-c1ccc(Br)cc1C(F)(F)F. The van der Waals surface area contributed by atoms with Crippen molar-refractivity contribution in [2.75, 3.05) is 5.73 Å². The van der Waals surface area contributed by atoms with Crippen molar-refractivity contribution in [3.05, 3.63) is 33.8 Å². The Hall–Kier alpha value is -1.50. The van der Waals surface area contributed by atoms with E-state index < -0.39 is 11.7 Å². The van der Waals surface area contributed by atoms with Crippen molar-refractivity contribution in [2.24, 2.45) is 0 Å². The van der Waals surface area contributed by atoms with Gasteiger partial charge in [0.2, 0.25) is 0 Å². The van der Waals surface area contributed by atoms with Crippen LogP contribution >= 0.6 is 15.9 Å². The number of H-pyrrole nitrogens is 1. The molecule has 3 N–H and O–H groups in total. The van der Waals surface area contributed by atoms with Crippen LogP contribution in [0.5, 0.6) is 0 Å². The molecule has 0 bridgehead atoms. The fraction of sp³-hybridized carbons (Fsp3) is 0.250. The number of hydrogen-bond acceptors (Lipinski definition) is 2. The van der Waals surface area contributed by atoms with Crippen LogP contribution in [0, 0.1) is 0 Å². The highest BCUT2D eigenvalue weighted by Crippen LogP contribution is 2.39. The van der Waals surface area contributed by atoms with E-state index >= 15 is 0 Å². The minimum absolute atomic E-state index is 0.0525. The molecule has 2 aromatic rings. The standard InChI is InChI=1S/C12H11BrF3N3/c1-2-7-10(18-19-11(7)17)8-4-3-6(13)5-9(8)12(14,15)16/h3-5H,2H2,1H3,(H3,17,18,19). The van der Waals surface area contributed by atoms with Gasteiger partial charge in [0.15, 0.2) is 0 Å². The third-order valence-electron chi connectivity index (χ3n) is 2.81. The van der Waals surface area contributed by atoms with Crippen LogP contribution in [-0.2, 0) is 12.6 Å². The molecule has 1 aromatic heterocycles. The molecule has 1 heterocycles. The average molecular weight is 334 g/mol.